The van der Waals surface area contributed by atoms with Crippen LogP contribution in [-0.2, 0) is 11.2 Å². The lowest BCUT2D eigenvalue weighted by atomic mass is 9.94. The SMILES string of the molecule is N#CC1(NC(=O)[C@@H](N)CC(F)(F)Cc2ccncc2)CC1.O=C(O)N1CCC2(CC1)CC2. The van der Waals surface area contributed by atoms with E-state index in [4.69, 9.17) is 16.1 Å². The van der Waals surface area contributed by atoms with Crippen LogP contribution in [-0.4, -0.2) is 57.6 Å². The average Bonchev–Trinajstić information content (AvgIpc) is 3.67. The Bertz CT molecular complexity index is 856. The summed E-state index contributed by atoms with van der Waals surface area (Å²) in [6.45, 7) is 1.52. The third-order valence-corrected chi connectivity index (χ3v) is 6.45. The summed E-state index contributed by atoms with van der Waals surface area (Å²) in [6.07, 6.45) is 6.79. The minimum atomic E-state index is -3.10. The van der Waals surface area contributed by atoms with Crippen molar-refractivity contribution in [2.75, 3.05) is 13.1 Å². The highest BCUT2D eigenvalue weighted by Gasteiger charge is 2.46. The quantitative estimate of drug-likeness (QED) is 0.612. The van der Waals surface area contributed by atoms with E-state index in [1.807, 2.05) is 6.07 Å². The van der Waals surface area contributed by atoms with Gasteiger partial charge in [0.2, 0.25) is 5.91 Å². The molecule has 1 spiro atoms. The monoisotopic (exact) mass is 449 g/mol. The number of pyridine rings is 1. The number of rotatable bonds is 6. The second-order valence-electron chi connectivity index (χ2n) is 9.15. The topological polar surface area (TPSA) is 132 Å². The van der Waals surface area contributed by atoms with Crippen LogP contribution in [0.5, 0.6) is 0 Å². The molecule has 2 aliphatic carbocycles. The predicted octanol–water partition coefficient (Wildman–Crippen LogP) is 2.69. The molecule has 4 N–H and O–H groups in total. The summed E-state index contributed by atoms with van der Waals surface area (Å²) >= 11 is 0. The molecule has 2 heterocycles. The normalized spacial score (nSPS) is 20.9. The van der Waals surface area contributed by atoms with Crippen LogP contribution in [0.2, 0.25) is 0 Å². The van der Waals surface area contributed by atoms with Crippen molar-refractivity contribution in [2.24, 2.45) is 11.1 Å². The first-order chi connectivity index (χ1) is 15.1. The van der Waals surface area contributed by atoms with Crippen LogP contribution >= 0.6 is 0 Å². The molecule has 3 fully saturated rings. The molecule has 4 rings (SSSR count). The van der Waals surface area contributed by atoms with Crippen molar-refractivity contribution in [3.8, 4) is 6.07 Å². The number of amides is 2. The molecular formula is C22H29F2N5O3. The van der Waals surface area contributed by atoms with Gasteiger partial charge in [-0.25, -0.2) is 13.6 Å². The van der Waals surface area contributed by atoms with Crippen LogP contribution in [0.4, 0.5) is 13.6 Å². The van der Waals surface area contributed by atoms with E-state index in [-0.39, 0.29) is 0 Å². The minimum Gasteiger partial charge on any atom is -0.465 e. The van der Waals surface area contributed by atoms with E-state index in [0.717, 1.165) is 25.9 Å². The number of piperidine rings is 1. The minimum absolute atomic E-state index is 0.429. The fourth-order valence-corrected chi connectivity index (χ4v) is 3.85. The lowest BCUT2D eigenvalue weighted by molar-refractivity contribution is -0.125. The molecule has 1 saturated heterocycles. The number of alkyl halides is 2. The number of carbonyl (C=O) groups excluding carboxylic acids is 1. The Kier molecular flexibility index (Phi) is 6.98. The molecule has 174 valence electrons. The Balaban J connectivity index is 0.000000219. The molecule has 1 atom stereocenters. The summed E-state index contributed by atoms with van der Waals surface area (Å²) in [6, 6.07) is 3.61. The molecule has 10 heteroatoms. The molecule has 2 amide bonds. The molecule has 2 saturated carbocycles. The second kappa shape index (κ2) is 9.36. The Hall–Kier alpha value is -2.80. The standard InChI is InChI=1S/C14H16F2N4O.C8H13NO2/c15-14(16,7-10-1-5-19-6-2-10)8-11(18)12(21)20-13(9-17)3-4-13;10-7(11)9-5-3-8(1-2-8)4-6-9/h1-2,5-6,11H,3-4,7-8,18H2,(H,20,21);1-6H2,(H,10,11)/t11-;/m0./s1. The van der Waals surface area contributed by atoms with Gasteiger partial charge in [-0.05, 0) is 61.6 Å². The van der Waals surface area contributed by atoms with Gasteiger partial charge in [-0.15, -0.1) is 0 Å². The van der Waals surface area contributed by atoms with Crippen molar-refractivity contribution in [2.45, 2.75) is 68.9 Å². The summed E-state index contributed by atoms with van der Waals surface area (Å²) in [4.78, 5) is 27.6. The van der Waals surface area contributed by atoms with E-state index >= 15 is 0 Å². The van der Waals surface area contributed by atoms with Crippen LogP contribution in [0, 0.1) is 16.7 Å². The zero-order valence-electron chi connectivity index (χ0n) is 17.9. The average molecular weight is 450 g/mol. The van der Waals surface area contributed by atoms with Gasteiger partial charge in [0.1, 0.15) is 5.54 Å². The molecule has 0 bridgehead atoms. The number of aromatic nitrogens is 1. The molecule has 1 aromatic rings. The van der Waals surface area contributed by atoms with Crippen LogP contribution in [0.15, 0.2) is 24.5 Å². The number of hydrogen-bond acceptors (Lipinski definition) is 5. The van der Waals surface area contributed by atoms with E-state index in [9.17, 15) is 18.4 Å². The van der Waals surface area contributed by atoms with E-state index in [0.29, 0.717) is 23.8 Å². The summed E-state index contributed by atoms with van der Waals surface area (Å²) in [7, 11) is 0. The van der Waals surface area contributed by atoms with E-state index in [1.165, 1.54) is 42.3 Å². The smallest absolute Gasteiger partial charge is 0.407 e. The number of nitrogens with one attached hydrogen (secondary N) is 1. The Morgan fingerprint density at radius 3 is 2.28 bits per heavy atom. The maximum atomic E-state index is 13.9. The number of likely N-dealkylation sites (tertiary alicyclic amines) is 1. The third kappa shape index (κ3) is 6.60. The summed E-state index contributed by atoms with van der Waals surface area (Å²) in [5.41, 5.74) is 5.66. The molecule has 1 aliphatic heterocycles. The number of carbonyl (C=O) groups is 2. The Morgan fingerprint density at radius 2 is 1.81 bits per heavy atom. The lowest BCUT2D eigenvalue weighted by Crippen LogP contribution is -2.48. The Labute approximate surface area is 185 Å². The molecule has 1 aromatic heterocycles. The maximum absolute atomic E-state index is 13.9. The number of carboxylic acid groups (broad SMARTS) is 1. The number of nitrogens with two attached hydrogens (primary N) is 1. The maximum Gasteiger partial charge on any atom is 0.407 e. The molecule has 0 radical (unpaired) electrons. The van der Waals surface area contributed by atoms with Gasteiger partial charge < -0.3 is 21.1 Å². The lowest BCUT2D eigenvalue weighted by Gasteiger charge is -2.29. The summed E-state index contributed by atoms with van der Waals surface area (Å²) in [5, 5.41) is 19.9. The van der Waals surface area contributed by atoms with Crippen molar-refractivity contribution >= 4 is 12.0 Å². The molecular weight excluding hydrogens is 420 g/mol. The first kappa shape index (κ1) is 23.9. The summed E-state index contributed by atoms with van der Waals surface area (Å²) in [5.74, 6) is -3.80. The summed E-state index contributed by atoms with van der Waals surface area (Å²) < 4.78 is 27.8. The van der Waals surface area contributed by atoms with E-state index in [2.05, 4.69) is 10.3 Å². The van der Waals surface area contributed by atoms with Crippen LogP contribution < -0.4 is 11.1 Å². The van der Waals surface area contributed by atoms with Gasteiger partial charge in [0, 0.05) is 38.3 Å². The van der Waals surface area contributed by atoms with Gasteiger partial charge in [-0.3, -0.25) is 9.78 Å². The van der Waals surface area contributed by atoms with E-state index in [1.54, 1.807) is 0 Å². The van der Waals surface area contributed by atoms with Gasteiger partial charge in [0.25, 0.3) is 5.92 Å². The van der Waals surface area contributed by atoms with Crippen LogP contribution in [0.1, 0.15) is 50.5 Å². The van der Waals surface area contributed by atoms with Gasteiger partial charge in [0.15, 0.2) is 0 Å². The molecule has 8 nitrogen and oxygen atoms in total. The first-order valence-electron chi connectivity index (χ1n) is 10.8. The van der Waals surface area contributed by atoms with Gasteiger partial charge >= 0.3 is 6.09 Å². The van der Waals surface area contributed by atoms with Crippen LogP contribution in [0.3, 0.4) is 0 Å². The molecule has 3 aliphatic rings. The zero-order chi connectivity index (χ0) is 23.4. The predicted molar refractivity (Wildman–Crippen MR) is 112 cm³/mol. The van der Waals surface area contributed by atoms with Gasteiger partial charge in [0.05, 0.1) is 12.1 Å². The highest BCUT2D eigenvalue weighted by Crippen LogP contribution is 2.53. The number of hydrogen-bond donors (Lipinski definition) is 3. The van der Waals surface area contributed by atoms with Crippen molar-refractivity contribution in [3.05, 3.63) is 30.1 Å². The van der Waals surface area contributed by atoms with Gasteiger partial charge in [-0.2, -0.15) is 5.26 Å². The first-order valence-corrected chi connectivity index (χ1v) is 10.8. The fraction of sp³-hybridized carbons (Fsp3) is 0.636. The zero-order valence-corrected chi connectivity index (χ0v) is 17.9. The van der Waals surface area contributed by atoms with E-state index < -0.39 is 42.3 Å². The fourth-order valence-electron chi connectivity index (χ4n) is 3.85. The van der Waals surface area contributed by atoms with Crippen molar-refractivity contribution in [1.29, 1.82) is 5.26 Å². The highest BCUT2D eigenvalue weighted by molar-refractivity contribution is 5.83. The van der Waals surface area contributed by atoms with Crippen molar-refractivity contribution in [3.63, 3.8) is 0 Å². The molecule has 0 unspecified atom stereocenters. The largest absolute Gasteiger partial charge is 0.465 e. The van der Waals surface area contributed by atoms with Gasteiger partial charge in [-0.1, -0.05) is 0 Å². The Morgan fingerprint density at radius 1 is 1.22 bits per heavy atom. The van der Waals surface area contributed by atoms with Crippen LogP contribution in [0.25, 0.3) is 0 Å². The molecule has 0 aromatic carbocycles. The number of halogens is 2. The number of nitrogens with zero attached hydrogens (tertiary/aromatic N) is 3. The number of nitriles is 1. The highest BCUT2D eigenvalue weighted by atomic mass is 19.3. The molecule has 32 heavy (non-hydrogen) atoms. The third-order valence-electron chi connectivity index (χ3n) is 6.45. The second-order valence-corrected chi connectivity index (χ2v) is 9.15. The van der Waals surface area contributed by atoms with Crippen molar-refractivity contribution in [1.82, 2.24) is 15.2 Å². The van der Waals surface area contributed by atoms with Crippen molar-refractivity contribution < 1.29 is 23.5 Å².